The molecule has 10 nitrogen and oxygen atoms in total. The largest absolute Gasteiger partial charge is 0.465 e. The Morgan fingerprint density at radius 2 is 1.94 bits per heavy atom. The molecule has 1 fully saturated rings. The minimum Gasteiger partial charge on any atom is -0.465 e. The summed E-state index contributed by atoms with van der Waals surface area (Å²) in [6.45, 7) is 3.27. The number of halogens is 3. The molecule has 0 saturated heterocycles. The second-order valence-corrected chi connectivity index (χ2v) is 11.1. The maximum absolute atomic E-state index is 13.2. The van der Waals surface area contributed by atoms with Crippen molar-refractivity contribution in [2.24, 2.45) is 7.05 Å². The van der Waals surface area contributed by atoms with Gasteiger partial charge in [0.05, 0.1) is 17.0 Å². The topological polar surface area (TPSA) is 123 Å². The zero-order chi connectivity index (χ0) is 26.2. The number of carboxylic acid groups (broad SMARTS) is 1. The molecule has 4 heterocycles. The van der Waals surface area contributed by atoms with Gasteiger partial charge in [0.2, 0.25) is 0 Å². The SMILES string of the molecule is CCS(=O)(=O)c1c(-c2nc3cc(C(F)(F)F)cnc3n2C)nc2cc(N(C(=O)O)C3(C)CC3)ccn12. The molecule has 0 radical (unpaired) electrons. The lowest BCUT2D eigenvalue weighted by Crippen LogP contribution is -2.39. The van der Waals surface area contributed by atoms with Crippen LogP contribution in [-0.4, -0.2) is 54.8 Å². The van der Waals surface area contributed by atoms with Crippen molar-refractivity contribution < 1.29 is 31.5 Å². The summed E-state index contributed by atoms with van der Waals surface area (Å²) >= 11 is 0. The van der Waals surface area contributed by atoms with Gasteiger partial charge in [-0.3, -0.25) is 9.30 Å². The van der Waals surface area contributed by atoms with Gasteiger partial charge >= 0.3 is 12.3 Å². The summed E-state index contributed by atoms with van der Waals surface area (Å²) in [4.78, 5) is 25.8. The van der Waals surface area contributed by atoms with E-state index in [2.05, 4.69) is 15.0 Å². The van der Waals surface area contributed by atoms with Crippen molar-refractivity contribution in [3.8, 4) is 11.5 Å². The average Bonchev–Trinajstić information content (AvgIpc) is 3.27. The van der Waals surface area contributed by atoms with E-state index in [4.69, 9.17) is 0 Å². The molecule has 1 aliphatic carbocycles. The van der Waals surface area contributed by atoms with Crippen LogP contribution in [0.2, 0.25) is 0 Å². The van der Waals surface area contributed by atoms with E-state index in [0.29, 0.717) is 24.7 Å². The van der Waals surface area contributed by atoms with E-state index in [1.807, 2.05) is 6.92 Å². The van der Waals surface area contributed by atoms with E-state index in [9.17, 15) is 31.5 Å². The maximum atomic E-state index is 13.2. The monoisotopic (exact) mass is 522 g/mol. The summed E-state index contributed by atoms with van der Waals surface area (Å²) in [5.74, 6) is -0.256. The molecule has 1 amide bonds. The summed E-state index contributed by atoms with van der Waals surface area (Å²) in [5, 5.41) is 9.58. The summed E-state index contributed by atoms with van der Waals surface area (Å²) in [6.07, 6.45) is -2.28. The van der Waals surface area contributed by atoms with Crippen LogP contribution in [0.15, 0.2) is 35.6 Å². The lowest BCUT2D eigenvalue weighted by molar-refractivity contribution is -0.137. The van der Waals surface area contributed by atoms with Crippen LogP contribution in [0.4, 0.5) is 23.7 Å². The minimum atomic E-state index is -4.62. The van der Waals surface area contributed by atoms with Crippen LogP contribution >= 0.6 is 0 Å². The molecule has 0 unspecified atom stereocenters. The third kappa shape index (κ3) is 3.67. The van der Waals surface area contributed by atoms with Gasteiger partial charge in [-0.2, -0.15) is 13.2 Å². The molecule has 0 atom stereocenters. The third-order valence-corrected chi connectivity index (χ3v) is 8.19. The molecule has 0 spiro atoms. The van der Waals surface area contributed by atoms with Crippen molar-refractivity contribution in [3.63, 3.8) is 0 Å². The highest BCUT2D eigenvalue weighted by Crippen LogP contribution is 2.44. The summed E-state index contributed by atoms with van der Waals surface area (Å²) in [6, 6.07) is 3.81. The van der Waals surface area contributed by atoms with Crippen molar-refractivity contribution in [3.05, 3.63) is 36.2 Å². The number of pyridine rings is 2. The molecular formula is C22H21F3N6O4S. The van der Waals surface area contributed by atoms with Crippen LogP contribution in [0.3, 0.4) is 0 Å². The minimum absolute atomic E-state index is 0.0124. The van der Waals surface area contributed by atoms with Gasteiger partial charge in [0.1, 0.15) is 16.9 Å². The first-order chi connectivity index (χ1) is 16.8. The molecule has 14 heteroatoms. The standard InChI is InChI=1S/C22H21F3N6O4S/c1-4-36(34,35)19-16(18-27-14-9-12(22(23,24)25)11-26-17(14)29(18)3)28-15-10-13(5-8-30(15)19)31(20(32)33)21(2)6-7-21/h5,8-11H,4,6-7H2,1-3H3,(H,32,33). The van der Waals surface area contributed by atoms with Gasteiger partial charge in [0.25, 0.3) is 0 Å². The van der Waals surface area contributed by atoms with Gasteiger partial charge in [0.15, 0.2) is 26.3 Å². The smallest absolute Gasteiger partial charge is 0.417 e. The van der Waals surface area contributed by atoms with Crippen molar-refractivity contribution in [1.82, 2.24) is 23.9 Å². The molecule has 190 valence electrons. The number of rotatable bonds is 5. The zero-order valence-corrected chi connectivity index (χ0v) is 20.2. The molecule has 4 aromatic rings. The number of hydrogen-bond acceptors (Lipinski definition) is 6. The third-order valence-electron chi connectivity index (χ3n) is 6.45. The number of nitrogens with zero attached hydrogens (tertiary/aromatic N) is 6. The van der Waals surface area contributed by atoms with E-state index < -0.39 is 33.2 Å². The normalized spacial score (nSPS) is 15.5. The second-order valence-electron chi connectivity index (χ2n) is 8.96. The summed E-state index contributed by atoms with van der Waals surface area (Å²) in [7, 11) is -2.39. The van der Waals surface area contributed by atoms with Crippen LogP contribution in [0.5, 0.6) is 0 Å². The highest BCUT2D eigenvalue weighted by Gasteiger charge is 2.47. The predicted molar refractivity (Wildman–Crippen MR) is 124 cm³/mol. The van der Waals surface area contributed by atoms with E-state index in [0.717, 1.165) is 6.07 Å². The van der Waals surface area contributed by atoms with Crippen LogP contribution in [0.1, 0.15) is 32.3 Å². The number of imidazole rings is 2. The van der Waals surface area contributed by atoms with Crippen molar-refractivity contribution in [1.29, 1.82) is 0 Å². The molecule has 1 saturated carbocycles. The fraction of sp³-hybridized carbons (Fsp3) is 0.364. The number of amides is 1. The second kappa shape index (κ2) is 7.66. The van der Waals surface area contributed by atoms with Crippen molar-refractivity contribution >= 4 is 38.4 Å². The predicted octanol–water partition coefficient (Wildman–Crippen LogP) is 4.13. The Bertz CT molecular complexity index is 1650. The molecule has 1 aliphatic rings. The molecule has 1 N–H and O–H groups in total. The van der Waals surface area contributed by atoms with Gasteiger partial charge in [-0.1, -0.05) is 6.92 Å². The quantitative estimate of drug-likeness (QED) is 0.418. The Balaban J connectivity index is 1.75. The van der Waals surface area contributed by atoms with Crippen molar-refractivity contribution in [2.75, 3.05) is 10.7 Å². The fourth-order valence-electron chi connectivity index (χ4n) is 4.23. The highest BCUT2D eigenvalue weighted by atomic mass is 32.2. The number of carbonyl (C=O) groups is 1. The fourth-order valence-corrected chi connectivity index (χ4v) is 5.39. The molecule has 36 heavy (non-hydrogen) atoms. The van der Waals surface area contributed by atoms with Crippen LogP contribution < -0.4 is 4.90 Å². The first-order valence-corrected chi connectivity index (χ1v) is 12.6. The van der Waals surface area contributed by atoms with E-state index in [1.54, 1.807) is 0 Å². The Labute approximate surface area is 202 Å². The number of aryl methyl sites for hydroxylation is 1. The van der Waals surface area contributed by atoms with E-state index in [-0.39, 0.29) is 39.1 Å². The van der Waals surface area contributed by atoms with Gasteiger partial charge in [-0.25, -0.2) is 28.2 Å². The van der Waals surface area contributed by atoms with Crippen LogP contribution in [0.25, 0.3) is 28.3 Å². The van der Waals surface area contributed by atoms with Gasteiger partial charge < -0.3 is 9.67 Å². The molecule has 4 aromatic heterocycles. The first-order valence-electron chi connectivity index (χ1n) is 10.9. The Kier molecular flexibility index (Phi) is 5.11. The first kappa shape index (κ1) is 24.0. The van der Waals surface area contributed by atoms with E-state index >= 15 is 0 Å². The van der Waals surface area contributed by atoms with Crippen LogP contribution in [-0.2, 0) is 23.1 Å². The number of alkyl halides is 3. The number of anilines is 1. The average molecular weight is 523 g/mol. The maximum Gasteiger partial charge on any atom is 0.417 e. The van der Waals surface area contributed by atoms with Gasteiger partial charge in [-0.05, 0) is 31.9 Å². The van der Waals surface area contributed by atoms with Gasteiger partial charge in [-0.15, -0.1) is 0 Å². The summed E-state index contributed by atoms with van der Waals surface area (Å²) < 4.78 is 68.5. The lowest BCUT2D eigenvalue weighted by Gasteiger charge is -2.26. The number of fused-ring (bicyclic) bond motifs is 2. The molecule has 0 aromatic carbocycles. The number of sulfone groups is 1. The Morgan fingerprint density at radius 3 is 2.53 bits per heavy atom. The van der Waals surface area contributed by atoms with Gasteiger partial charge in [0, 0.05) is 31.0 Å². The van der Waals surface area contributed by atoms with E-state index in [1.165, 1.54) is 46.2 Å². The number of aromatic nitrogens is 5. The lowest BCUT2D eigenvalue weighted by atomic mass is 10.2. The number of hydrogen-bond donors (Lipinski definition) is 1. The Hall–Kier alpha value is -3.68. The van der Waals surface area contributed by atoms with Crippen LogP contribution in [0, 0.1) is 0 Å². The zero-order valence-electron chi connectivity index (χ0n) is 19.4. The molecule has 0 bridgehead atoms. The highest BCUT2D eigenvalue weighted by molar-refractivity contribution is 7.91. The Morgan fingerprint density at radius 1 is 1.25 bits per heavy atom. The van der Waals surface area contributed by atoms with Crippen molar-refractivity contribution in [2.45, 2.75) is 43.4 Å². The molecule has 5 rings (SSSR count). The summed E-state index contributed by atoms with van der Waals surface area (Å²) in [5.41, 5.74) is -1.08. The molecular weight excluding hydrogens is 501 g/mol. The molecule has 0 aliphatic heterocycles.